The average molecular weight is 303 g/mol. The molecule has 15 heavy (non-hydrogen) atoms. The fraction of sp³-hybridized carbons (Fsp3) is 0.0909. The van der Waals surface area contributed by atoms with Gasteiger partial charge in [-0.15, -0.1) is 0 Å². The summed E-state index contributed by atoms with van der Waals surface area (Å²) in [6.45, 7) is 0. The minimum Gasteiger partial charge on any atom is -0.320 e. The quantitative estimate of drug-likeness (QED) is 0.883. The minimum atomic E-state index is -0.121. The second kappa shape index (κ2) is 4.66. The van der Waals surface area contributed by atoms with Gasteiger partial charge in [0.25, 0.3) is 0 Å². The van der Waals surface area contributed by atoms with E-state index < -0.39 is 0 Å². The molecule has 2 N–H and O–H groups in total. The molecule has 0 radical (unpaired) electrons. The van der Waals surface area contributed by atoms with Gasteiger partial charge in [-0.05, 0) is 44.6 Å². The largest absolute Gasteiger partial charge is 0.320 e. The Morgan fingerprint density at radius 2 is 2.13 bits per heavy atom. The predicted octanol–water partition coefficient (Wildman–Crippen LogP) is 4.21. The summed E-state index contributed by atoms with van der Waals surface area (Å²) >= 11 is 11.0. The Bertz CT molecular complexity index is 469. The molecule has 1 atom stereocenters. The highest BCUT2D eigenvalue weighted by atomic mass is 79.9. The van der Waals surface area contributed by atoms with Crippen LogP contribution in [0.2, 0.25) is 5.02 Å². The van der Waals surface area contributed by atoms with Crippen LogP contribution in [-0.4, -0.2) is 0 Å². The van der Waals surface area contributed by atoms with E-state index in [0.29, 0.717) is 5.02 Å². The van der Waals surface area contributed by atoms with Gasteiger partial charge in [-0.1, -0.05) is 23.7 Å². The first-order chi connectivity index (χ1) is 7.18. The van der Waals surface area contributed by atoms with Crippen LogP contribution in [0.5, 0.6) is 0 Å². The minimum absolute atomic E-state index is 0.121. The van der Waals surface area contributed by atoms with Crippen molar-refractivity contribution in [2.75, 3.05) is 0 Å². The molecule has 1 nitrogen and oxygen atoms in total. The molecular formula is C11H9BrClNS. The van der Waals surface area contributed by atoms with Crippen LogP contribution in [0.25, 0.3) is 0 Å². The first-order valence-corrected chi connectivity index (χ1v) is 6.52. The third kappa shape index (κ3) is 2.42. The maximum absolute atomic E-state index is 6.15. The van der Waals surface area contributed by atoms with Gasteiger partial charge in [0, 0.05) is 14.9 Å². The Balaban J connectivity index is 2.36. The van der Waals surface area contributed by atoms with Gasteiger partial charge < -0.3 is 5.73 Å². The molecule has 0 aliphatic rings. The average Bonchev–Trinajstić information content (AvgIpc) is 2.63. The molecule has 4 heteroatoms. The molecule has 0 bridgehead atoms. The van der Waals surface area contributed by atoms with E-state index in [0.717, 1.165) is 15.6 Å². The molecule has 1 heterocycles. The van der Waals surface area contributed by atoms with Gasteiger partial charge in [0.15, 0.2) is 0 Å². The molecule has 1 aromatic heterocycles. The van der Waals surface area contributed by atoms with E-state index in [9.17, 15) is 0 Å². The van der Waals surface area contributed by atoms with Crippen molar-refractivity contribution < 1.29 is 0 Å². The van der Waals surface area contributed by atoms with Crippen LogP contribution in [0, 0.1) is 0 Å². The Labute approximate surface area is 106 Å². The number of thiophene rings is 1. The summed E-state index contributed by atoms with van der Waals surface area (Å²) in [6, 6.07) is 7.53. The zero-order valence-electron chi connectivity index (χ0n) is 7.78. The zero-order valence-corrected chi connectivity index (χ0v) is 10.9. The molecule has 0 saturated carbocycles. The third-order valence-corrected chi connectivity index (χ3v) is 4.17. The smallest absolute Gasteiger partial charge is 0.0571 e. The normalized spacial score (nSPS) is 12.7. The Morgan fingerprint density at radius 3 is 2.73 bits per heavy atom. The maximum atomic E-state index is 6.15. The third-order valence-electron chi connectivity index (χ3n) is 2.19. The molecular weight excluding hydrogens is 294 g/mol. The summed E-state index contributed by atoms with van der Waals surface area (Å²) in [5.41, 5.74) is 8.28. The van der Waals surface area contributed by atoms with Crippen molar-refractivity contribution in [2.45, 2.75) is 6.04 Å². The van der Waals surface area contributed by atoms with E-state index in [1.54, 1.807) is 11.3 Å². The molecule has 1 aromatic carbocycles. The Morgan fingerprint density at radius 1 is 1.33 bits per heavy atom. The van der Waals surface area contributed by atoms with Crippen molar-refractivity contribution >= 4 is 38.9 Å². The van der Waals surface area contributed by atoms with Crippen molar-refractivity contribution in [1.82, 2.24) is 0 Å². The van der Waals surface area contributed by atoms with Crippen molar-refractivity contribution in [3.63, 3.8) is 0 Å². The highest BCUT2D eigenvalue weighted by Crippen LogP contribution is 2.30. The topological polar surface area (TPSA) is 26.0 Å². The monoisotopic (exact) mass is 301 g/mol. The van der Waals surface area contributed by atoms with Crippen molar-refractivity contribution in [3.05, 3.63) is 55.6 Å². The summed E-state index contributed by atoms with van der Waals surface area (Å²) in [7, 11) is 0. The lowest BCUT2D eigenvalue weighted by Gasteiger charge is -2.11. The maximum Gasteiger partial charge on any atom is 0.0571 e. The van der Waals surface area contributed by atoms with Crippen LogP contribution >= 0.6 is 38.9 Å². The van der Waals surface area contributed by atoms with Crippen LogP contribution in [0.3, 0.4) is 0 Å². The van der Waals surface area contributed by atoms with E-state index in [1.807, 2.05) is 29.6 Å². The summed E-state index contributed by atoms with van der Waals surface area (Å²) in [6.07, 6.45) is 0. The SMILES string of the molecule is NC(c1cccc(Cl)c1)c1cscc1Br. The number of halogens is 2. The molecule has 0 aliphatic carbocycles. The van der Waals surface area contributed by atoms with Gasteiger partial charge in [0.2, 0.25) is 0 Å². The fourth-order valence-electron chi connectivity index (χ4n) is 1.39. The van der Waals surface area contributed by atoms with Crippen LogP contribution in [0.4, 0.5) is 0 Å². The number of rotatable bonds is 2. The van der Waals surface area contributed by atoms with E-state index in [2.05, 4.69) is 21.3 Å². The number of benzene rings is 1. The number of hydrogen-bond acceptors (Lipinski definition) is 2. The van der Waals surface area contributed by atoms with Crippen LogP contribution < -0.4 is 5.73 Å². The van der Waals surface area contributed by atoms with E-state index in [4.69, 9.17) is 17.3 Å². The van der Waals surface area contributed by atoms with Crippen LogP contribution in [0.15, 0.2) is 39.5 Å². The van der Waals surface area contributed by atoms with Crippen LogP contribution in [0.1, 0.15) is 17.2 Å². The van der Waals surface area contributed by atoms with E-state index in [-0.39, 0.29) is 6.04 Å². The van der Waals surface area contributed by atoms with Gasteiger partial charge >= 0.3 is 0 Å². The number of hydrogen-bond donors (Lipinski definition) is 1. The van der Waals surface area contributed by atoms with Gasteiger partial charge in [-0.3, -0.25) is 0 Å². The fourth-order valence-corrected chi connectivity index (χ4v) is 3.17. The molecule has 0 amide bonds. The summed E-state index contributed by atoms with van der Waals surface area (Å²) < 4.78 is 1.06. The number of nitrogens with two attached hydrogens (primary N) is 1. The van der Waals surface area contributed by atoms with Gasteiger partial charge in [-0.25, -0.2) is 0 Å². The lowest BCUT2D eigenvalue weighted by atomic mass is 10.0. The first kappa shape index (κ1) is 11.1. The summed E-state index contributed by atoms with van der Waals surface area (Å²) in [5, 5.41) is 4.80. The van der Waals surface area contributed by atoms with E-state index >= 15 is 0 Å². The molecule has 0 aliphatic heterocycles. The molecule has 78 valence electrons. The summed E-state index contributed by atoms with van der Waals surface area (Å²) in [4.78, 5) is 0. The Kier molecular flexibility index (Phi) is 3.46. The van der Waals surface area contributed by atoms with Gasteiger partial charge in [-0.2, -0.15) is 11.3 Å². The molecule has 2 aromatic rings. The summed E-state index contributed by atoms with van der Waals surface area (Å²) in [5.74, 6) is 0. The van der Waals surface area contributed by atoms with Crippen LogP contribution in [-0.2, 0) is 0 Å². The van der Waals surface area contributed by atoms with E-state index in [1.165, 1.54) is 0 Å². The highest BCUT2D eigenvalue weighted by Gasteiger charge is 2.12. The molecule has 0 fully saturated rings. The van der Waals surface area contributed by atoms with Crippen molar-refractivity contribution in [2.24, 2.45) is 5.73 Å². The molecule has 2 rings (SSSR count). The van der Waals surface area contributed by atoms with Gasteiger partial charge in [0.05, 0.1) is 6.04 Å². The molecule has 0 saturated heterocycles. The second-order valence-electron chi connectivity index (χ2n) is 3.21. The predicted molar refractivity (Wildman–Crippen MR) is 69.5 cm³/mol. The molecule has 0 spiro atoms. The second-order valence-corrected chi connectivity index (χ2v) is 5.24. The zero-order chi connectivity index (χ0) is 10.8. The van der Waals surface area contributed by atoms with Gasteiger partial charge in [0.1, 0.15) is 0 Å². The first-order valence-electron chi connectivity index (χ1n) is 4.41. The lowest BCUT2D eigenvalue weighted by Crippen LogP contribution is -2.11. The van der Waals surface area contributed by atoms with Crippen molar-refractivity contribution in [1.29, 1.82) is 0 Å². The standard InChI is InChI=1S/C11H9BrClNS/c12-10-6-15-5-9(10)11(14)7-2-1-3-8(13)4-7/h1-6,11H,14H2. The Hall–Kier alpha value is -0.350. The molecule has 1 unspecified atom stereocenters. The lowest BCUT2D eigenvalue weighted by molar-refractivity contribution is 0.872. The highest BCUT2D eigenvalue weighted by molar-refractivity contribution is 9.10. The van der Waals surface area contributed by atoms with Crippen molar-refractivity contribution in [3.8, 4) is 0 Å².